The van der Waals surface area contributed by atoms with E-state index < -0.39 is 0 Å². The summed E-state index contributed by atoms with van der Waals surface area (Å²) in [6, 6.07) is 1.87. The van der Waals surface area contributed by atoms with Crippen molar-refractivity contribution in [3.05, 3.63) is 17.8 Å². The number of aromatic nitrogens is 1. The summed E-state index contributed by atoms with van der Waals surface area (Å²) in [6.07, 6.45) is 2.20. The molecule has 1 aliphatic rings. The summed E-state index contributed by atoms with van der Waals surface area (Å²) in [6.45, 7) is 4.83. The van der Waals surface area contributed by atoms with E-state index in [0.717, 1.165) is 12.0 Å². The second-order valence-electron chi connectivity index (χ2n) is 4.19. The number of rotatable bonds is 1. The van der Waals surface area contributed by atoms with Crippen LogP contribution in [0.5, 0.6) is 5.75 Å². The fourth-order valence-electron chi connectivity index (χ4n) is 2.15. The fraction of sp³-hybridized carbons (Fsp3) is 0.417. The molecule has 5 heteroatoms. The van der Waals surface area contributed by atoms with E-state index in [2.05, 4.69) is 4.98 Å². The molecule has 1 atom stereocenters. The zero-order valence-corrected chi connectivity index (χ0v) is 10.1. The molecule has 1 unspecified atom stereocenters. The number of nitrogens with zero attached hydrogens (tertiary/aromatic N) is 2. The van der Waals surface area contributed by atoms with Crippen LogP contribution in [0.3, 0.4) is 0 Å². The highest BCUT2D eigenvalue weighted by Crippen LogP contribution is 2.32. The Hall–Kier alpha value is -1.91. The van der Waals surface area contributed by atoms with Gasteiger partial charge in [0.2, 0.25) is 5.91 Å². The number of anilines is 1. The Morgan fingerprint density at radius 1 is 1.47 bits per heavy atom. The zero-order valence-electron chi connectivity index (χ0n) is 10.1. The molecule has 0 aliphatic carbocycles. The average Bonchev–Trinajstić information content (AvgIpc) is 2.51. The highest BCUT2D eigenvalue weighted by molar-refractivity contribution is 5.93. The van der Waals surface area contributed by atoms with E-state index in [-0.39, 0.29) is 17.9 Å². The Labute approximate surface area is 99.4 Å². The van der Waals surface area contributed by atoms with Crippen molar-refractivity contribution in [3.8, 4) is 5.75 Å². The average molecular weight is 234 g/mol. The van der Waals surface area contributed by atoms with E-state index in [1.165, 1.54) is 20.0 Å². The van der Waals surface area contributed by atoms with Crippen molar-refractivity contribution in [2.75, 3.05) is 4.90 Å². The first-order valence-electron chi connectivity index (χ1n) is 5.46. The molecule has 0 radical (unpaired) electrons. The number of hydrogen-bond donors (Lipinski definition) is 0. The van der Waals surface area contributed by atoms with Crippen LogP contribution in [0.4, 0.5) is 5.82 Å². The minimum atomic E-state index is -0.374. The number of fused-ring (bicyclic) bond motifs is 1. The molecule has 0 N–H and O–H groups in total. The van der Waals surface area contributed by atoms with Crippen molar-refractivity contribution >= 4 is 17.7 Å². The van der Waals surface area contributed by atoms with Crippen LogP contribution >= 0.6 is 0 Å². The number of carbonyl (C=O) groups excluding carboxylic acids is 2. The third kappa shape index (κ3) is 2.13. The molecule has 2 heterocycles. The lowest BCUT2D eigenvalue weighted by molar-refractivity contribution is -0.131. The van der Waals surface area contributed by atoms with Crippen LogP contribution in [0.2, 0.25) is 0 Å². The molecule has 17 heavy (non-hydrogen) atoms. The van der Waals surface area contributed by atoms with Crippen molar-refractivity contribution in [1.82, 2.24) is 4.98 Å². The molecule has 0 spiro atoms. The van der Waals surface area contributed by atoms with Gasteiger partial charge in [0, 0.05) is 25.5 Å². The van der Waals surface area contributed by atoms with E-state index in [1.54, 1.807) is 11.0 Å². The van der Waals surface area contributed by atoms with Crippen molar-refractivity contribution in [2.45, 2.75) is 33.2 Å². The largest absolute Gasteiger partial charge is 0.425 e. The van der Waals surface area contributed by atoms with E-state index in [0.29, 0.717) is 11.6 Å². The van der Waals surface area contributed by atoms with E-state index >= 15 is 0 Å². The van der Waals surface area contributed by atoms with Gasteiger partial charge in [-0.1, -0.05) is 0 Å². The monoisotopic (exact) mass is 234 g/mol. The molecule has 0 saturated carbocycles. The Morgan fingerprint density at radius 2 is 2.18 bits per heavy atom. The van der Waals surface area contributed by atoms with Gasteiger partial charge in [0.05, 0.1) is 6.20 Å². The lowest BCUT2D eigenvalue weighted by Gasteiger charge is -2.19. The first-order valence-corrected chi connectivity index (χ1v) is 5.46. The number of pyridine rings is 1. The molecule has 2 rings (SSSR count). The molecule has 90 valence electrons. The molecule has 0 aromatic carbocycles. The maximum atomic E-state index is 11.5. The summed E-state index contributed by atoms with van der Waals surface area (Å²) in [4.78, 5) is 28.2. The van der Waals surface area contributed by atoms with Crippen LogP contribution in [-0.2, 0) is 16.0 Å². The van der Waals surface area contributed by atoms with Gasteiger partial charge >= 0.3 is 5.97 Å². The molecule has 1 amide bonds. The lowest BCUT2D eigenvalue weighted by atomic mass is 10.2. The standard InChI is InChI=1S/C12H14N2O3/c1-7-4-10-5-11(17-9(3)16)6-13-12(10)14(7)8(2)15/h5-7H,4H2,1-3H3. The Bertz CT molecular complexity index is 485. The summed E-state index contributed by atoms with van der Waals surface area (Å²) in [5.74, 6) is 0.694. The van der Waals surface area contributed by atoms with E-state index in [9.17, 15) is 9.59 Å². The normalized spacial score (nSPS) is 17.8. The molecule has 0 saturated heterocycles. The molecule has 5 nitrogen and oxygen atoms in total. The van der Waals surface area contributed by atoms with Crippen LogP contribution in [0, 0.1) is 0 Å². The molecule has 1 aromatic heterocycles. The summed E-state index contributed by atoms with van der Waals surface area (Å²) in [5, 5.41) is 0. The van der Waals surface area contributed by atoms with Gasteiger partial charge in [-0.25, -0.2) is 4.98 Å². The fourth-order valence-corrected chi connectivity index (χ4v) is 2.15. The third-order valence-corrected chi connectivity index (χ3v) is 2.70. The highest BCUT2D eigenvalue weighted by Gasteiger charge is 2.30. The predicted molar refractivity (Wildman–Crippen MR) is 61.9 cm³/mol. The minimum absolute atomic E-state index is 0.0241. The molecular formula is C12H14N2O3. The molecule has 0 bridgehead atoms. The second-order valence-corrected chi connectivity index (χ2v) is 4.19. The Morgan fingerprint density at radius 3 is 2.76 bits per heavy atom. The van der Waals surface area contributed by atoms with Crippen molar-refractivity contribution in [2.24, 2.45) is 0 Å². The highest BCUT2D eigenvalue weighted by atomic mass is 16.5. The Balaban J connectivity index is 2.34. The van der Waals surface area contributed by atoms with Crippen molar-refractivity contribution < 1.29 is 14.3 Å². The molecule has 1 aliphatic heterocycles. The maximum absolute atomic E-state index is 11.5. The van der Waals surface area contributed by atoms with Gasteiger partial charge in [-0.05, 0) is 19.4 Å². The van der Waals surface area contributed by atoms with Crippen LogP contribution in [-0.4, -0.2) is 22.9 Å². The van der Waals surface area contributed by atoms with Gasteiger partial charge in [-0.3, -0.25) is 14.5 Å². The van der Waals surface area contributed by atoms with Crippen LogP contribution < -0.4 is 9.64 Å². The summed E-state index contributed by atoms with van der Waals surface area (Å²) in [7, 11) is 0. The first kappa shape index (κ1) is 11.6. The Kier molecular flexibility index (Phi) is 2.83. The van der Waals surface area contributed by atoms with Gasteiger partial charge in [-0.15, -0.1) is 0 Å². The molecule has 1 aromatic rings. The van der Waals surface area contributed by atoms with Crippen molar-refractivity contribution in [3.63, 3.8) is 0 Å². The SMILES string of the molecule is CC(=O)Oc1cnc2c(c1)CC(C)N2C(C)=O. The van der Waals surface area contributed by atoms with Gasteiger partial charge in [0.15, 0.2) is 0 Å². The van der Waals surface area contributed by atoms with Gasteiger partial charge in [0.25, 0.3) is 0 Å². The van der Waals surface area contributed by atoms with E-state index in [1.807, 2.05) is 6.92 Å². The van der Waals surface area contributed by atoms with Gasteiger partial charge in [0.1, 0.15) is 11.6 Å². The van der Waals surface area contributed by atoms with Crippen molar-refractivity contribution in [1.29, 1.82) is 0 Å². The van der Waals surface area contributed by atoms with Crippen LogP contribution in [0.1, 0.15) is 26.3 Å². The quantitative estimate of drug-likeness (QED) is 0.687. The number of amides is 1. The molecule has 0 fully saturated rings. The van der Waals surface area contributed by atoms with Crippen LogP contribution in [0.25, 0.3) is 0 Å². The van der Waals surface area contributed by atoms with E-state index in [4.69, 9.17) is 4.74 Å². The van der Waals surface area contributed by atoms with Gasteiger partial charge in [-0.2, -0.15) is 0 Å². The number of carbonyl (C=O) groups is 2. The van der Waals surface area contributed by atoms with Crippen LogP contribution in [0.15, 0.2) is 12.3 Å². The maximum Gasteiger partial charge on any atom is 0.308 e. The number of esters is 1. The molecular weight excluding hydrogens is 220 g/mol. The minimum Gasteiger partial charge on any atom is -0.425 e. The summed E-state index contributed by atoms with van der Waals surface area (Å²) in [5.41, 5.74) is 0.937. The smallest absolute Gasteiger partial charge is 0.308 e. The lowest BCUT2D eigenvalue weighted by Crippen LogP contribution is -2.34. The first-order chi connectivity index (χ1) is 7.99. The van der Waals surface area contributed by atoms with Gasteiger partial charge < -0.3 is 4.74 Å². The topological polar surface area (TPSA) is 59.5 Å². The second kappa shape index (κ2) is 4.16. The predicted octanol–water partition coefficient (Wildman–Crippen LogP) is 1.30. The zero-order chi connectivity index (χ0) is 12.6. The summed E-state index contributed by atoms with van der Waals surface area (Å²) >= 11 is 0. The third-order valence-electron chi connectivity index (χ3n) is 2.70. The number of hydrogen-bond acceptors (Lipinski definition) is 4. The summed E-state index contributed by atoms with van der Waals surface area (Å²) < 4.78 is 4.97. The number of ether oxygens (including phenoxy) is 1.